The first kappa shape index (κ1) is 21.5. The minimum atomic E-state index is 0. The molecular weight excluding hydrogens is 398 g/mol. The van der Waals surface area contributed by atoms with E-state index in [1.165, 1.54) is 0 Å². The summed E-state index contributed by atoms with van der Waals surface area (Å²) in [6, 6.07) is 11.8. The highest BCUT2D eigenvalue weighted by molar-refractivity contribution is 5.85. The molecule has 154 valence electrons. The highest BCUT2D eigenvalue weighted by Crippen LogP contribution is 2.18. The average molecular weight is 422 g/mol. The minimum absolute atomic E-state index is 0. The molecule has 3 aromatic rings. The van der Waals surface area contributed by atoms with Gasteiger partial charge in [0.15, 0.2) is 0 Å². The highest BCUT2D eigenvalue weighted by atomic mass is 35.5. The molecule has 0 amide bonds. The largest absolute Gasteiger partial charge is 0.369 e. The Kier molecular flexibility index (Phi) is 7.17. The van der Waals surface area contributed by atoms with Crippen molar-refractivity contribution in [2.75, 3.05) is 37.6 Å². The van der Waals surface area contributed by atoms with E-state index in [0.29, 0.717) is 11.5 Å². The number of hydrogen-bond donors (Lipinski definition) is 0. The fraction of sp³-hybridized carbons (Fsp3) is 0.273. The first-order valence-electron chi connectivity index (χ1n) is 9.70. The molecule has 30 heavy (non-hydrogen) atoms. The summed E-state index contributed by atoms with van der Waals surface area (Å²) in [5, 5.41) is 13.5. The molecule has 1 aliphatic heterocycles. The zero-order valence-electron chi connectivity index (χ0n) is 16.8. The number of nitrogens with zero attached hydrogens (tertiary/aromatic N) is 7. The van der Waals surface area contributed by atoms with E-state index in [1.807, 2.05) is 31.3 Å². The molecule has 0 aliphatic carbocycles. The molecule has 0 radical (unpaired) electrons. The Morgan fingerprint density at radius 3 is 2.60 bits per heavy atom. The molecule has 0 unspecified atom stereocenters. The summed E-state index contributed by atoms with van der Waals surface area (Å²) in [5.41, 5.74) is 3.94. The van der Waals surface area contributed by atoms with Crippen LogP contribution < -0.4 is 4.90 Å². The number of nitriles is 1. The second-order valence-electron chi connectivity index (χ2n) is 7.00. The van der Waals surface area contributed by atoms with Gasteiger partial charge in [0.1, 0.15) is 0 Å². The molecule has 0 bridgehead atoms. The van der Waals surface area contributed by atoms with Gasteiger partial charge in [-0.05, 0) is 31.2 Å². The van der Waals surface area contributed by atoms with Crippen LogP contribution in [0.2, 0.25) is 0 Å². The number of rotatable bonds is 5. The van der Waals surface area contributed by atoms with Crippen LogP contribution in [-0.4, -0.2) is 57.4 Å². The van der Waals surface area contributed by atoms with Crippen molar-refractivity contribution < 1.29 is 0 Å². The third-order valence-corrected chi connectivity index (χ3v) is 5.16. The lowest BCUT2D eigenvalue weighted by Gasteiger charge is -2.35. The highest BCUT2D eigenvalue weighted by Gasteiger charge is 2.16. The van der Waals surface area contributed by atoms with E-state index in [9.17, 15) is 0 Å². The Bertz CT molecular complexity index is 1030. The number of piperazine rings is 1. The number of halogens is 1. The van der Waals surface area contributed by atoms with Crippen LogP contribution in [0.4, 0.5) is 5.69 Å². The predicted molar refractivity (Wildman–Crippen MR) is 120 cm³/mol. The van der Waals surface area contributed by atoms with E-state index in [0.717, 1.165) is 49.7 Å². The lowest BCUT2D eigenvalue weighted by atomic mass is 10.2. The van der Waals surface area contributed by atoms with Crippen LogP contribution in [0.15, 0.2) is 55.0 Å². The van der Waals surface area contributed by atoms with Gasteiger partial charge in [-0.25, -0.2) is 14.6 Å². The molecule has 2 aromatic heterocycles. The van der Waals surface area contributed by atoms with Gasteiger partial charge in [-0.1, -0.05) is 18.2 Å². The van der Waals surface area contributed by atoms with Crippen LogP contribution in [0.3, 0.4) is 0 Å². The van der Waals surface area contributed by atoms with Gasteiger partial charge in [-0.3, -0.25) is 4.90 Å². The summed E-state index contributed by atoms with van der Waals surface area (Å²) in [4.78, 5) is 13.3. The molecule has 1 fully saturated rings. The fourth-order valence-corrected chi connectivity index (χ4v) is 3.48. The number of anilines is 1. The van der Waals surface area contributed by atoms with Crippen molar-refractivity contribution in [2.24, 2.45) is 0 Å². The summed E-state index contributed by atoms with van der Waals surface area (Å²) in [7, 11) is 0. The molecule has 8 heteroatoms. The van der Waals surface area contributed by atoms with Crippen LogP contribution in [0, 0.1) is 18.3 Å². The minimum Gasteiger partial charge on any atom is -0.369 e. The first-order chi connectivity index (χ1) is 14.2. The van der Waals surface area contributed by atoms with Crippen LogP contribution >= 0.6 is 12.4 Å². The maximum absolute atomic E-state index is 9.08. The molecule has 0 spiro atoms. The van der Waals surface area contributed by atoms with Gasteiger partial charge >= 0.3 is 0 Å². The summed E-state index contributed by atoms with van der Waals surface area (Å²) in [5.74, 6) is 0.584. The topological polar surface area (TPSA) is 73.9 Å². The molecule has 3 heterocycles. The van der Waals surface area contributed by atoms with Gasteiger partial charge in [-0.2, -0.15) is 10.4 Å². The van der Waals surface area contributed by atoms with Gasteiger partial charge in [0.2, 0.25) is 0 Å². The molecule has 7 nitrogen and oxygen atoms in total. The lowest BCUT2D eigenvalue weighted by molar-refractivity contribution is 0.284. The molecule has 1 aliphatic rings. The Balaban J connectivity index is 0.00000256. The molecule has 1 aromatic carbocycles. The maximum atomic E-state index is 9.08. The quantitative estimate of drug-likeness (QED) is 0.630. The summed E-state index contributed by atoms with van der Waals surface area (Å²) in [6.45, 7) is 6.85. The van der Waals surface area contributed by atoms with E-state index in [4.69, 9.17) is 5.26 Å². The second-order valence-corrected chi connectivity index (χ2v) is 7.00. The number of aromatic nitrogens is 4. The van der Waals surface area contributed by atoms with Gasteiger partial charge in [-0.15, -0.1) is 12.4 Å². The Hall–Kier alpha value is -3.21. The van der Waals surface area contributed by atoms with Crippen molar-refractivity contribution in [2.45, 2.75) is 6.92 Å². The number of hydrogen-bond acceptors (Lipinski definition) is 6. The fourth-order valence-electron chi connectivity index (χ4n) is 3.48. The Morgan fingerprint density at radius 1 is 1.10 bits per heavy atom. The Morgan fingerprint density at radius 2 is 1.87 bits per heavy atom. The second kappa shape index (κ2) is 10.0. The van der Waals surface area contributed by atoms with Crippen molar-refractivity contribution in [3.8, 4) is 12.0 Å². The van der Waals surface area contributed by atoms with Gasteiger partial charge in [0.05, 0.1) is 23.5 Å². The molecule has 0 saturated carbocycles. The maximum Gasteiger partial charge on any atom is 0.250 e. The predicted octanol–water partition coefficient (Wildman–Crippen LogP) is 3.10. The third-order valence-electron chi connectivity index (χ3n) is 5.16. The molecular formula is C22H24ClN7. The van der Waals surface area contributed by atoms with E-state index in [1.54, 1.807) is 23.1 Å². The van der Waals surface area contributed by atoms with E-state index >= 15 is 0 Å². The van der Waals surface area contributed by atoms with Crippen molar-refractivity contribution in [1.29, 1.82) is 5.26 Å². The molecule has 0 atom stereocenters. The van der Waals surface area contributed by atoms with E-state index < -0.39 is 0 Å². The average Bonchev–Trinajstić information content (AvgIpc) is 3.15. The number of benzene rings is 1. The monoisotopic (exact) mass is 421 g/mol. The zero-order chi connectivity index (χ0) is 20.1. The molecule has 1 saturated heterocycles. The first-order valence-corrected chi connectivity index (χ1v) is 9.70. The van der Waals surface area contributed by atoms with Crippen molar-refractivity contribution in [3.05, 3.63) is 71.8 Å². The van der Waals surface area contributed by atoms with E-state index in [-0.39, 0.29) is 12.4 Å². The van der Waals surface area contributed by atoms with Crippen molar-refractivity contribution >= 4 is 24.2 Å². The normalized spacial score (nSPS) is 14.5. The van der Waals surface area contributed by atoms with Crippen molar-refractivity contribution in [1.82, 2.24) is 24.6 Å². The third kappa shape index (κ3) is 4.85. The Labute approximate surface area is 182 Å². The standard InChI is InChI=1S/C22H23N7.ClH/c1-18-20(17-26-29(18)22-24-8-4-9-25-22)6-3-10-27-11-13-28(14-12-27)21-7-2-5-19(15-21)16-23;/h2-9,15,17H,10-14H2,1H3;1H/b6-3+;. The van der Waals surface area contributed by atoms with Crippen LogP contribution in [0.25, 0.3) is 12.0 Å². The summed E-state index contributed by atoms with van der Waals surface area (Å²) >= 11 is 0. The SMILES string of the molecule is Cc1c(/C=C/CN2CCN(c3cccc(C#N)c3)CC2)cnn1-c1ncccn1.Cl. The van der Waals surface area contributed by atoms with Crippen molar-refractivity contribution in [3.63, 3.8) is 0 Å². The zero-order valence-corrected chi connectivity index (χ0v) is 17.7. The van der Waals surface area contributed by atoms with Gasteiger partial charge < -0.3 is 4.90 Å². The van der Waals surface area contributed by atoms with Crippen LogP contribution in [0.5, 0.6) is 0 Å². The molecule has 4 rings (SSSR count). The smallest absolute Gasteiger partial charge is 0.250 e. The van der Waals surface area contributed by atoms with Gasteiger partial charge in [0, 0.05) is 56.4 Å². The van der Waals surface area contributed by atoms with Crippen LogP contribution in [-0.2, 0) is 0 Å². The summed E-state index contributed by atoms with van der Waals surface area (Å²) < 4.78 is 1.76. The molecule has 0 N–H and O–H groups in total. The summed E-state index contributed by atoms with van der Waals surface area (Å²) in [6.07, 6.45) is 9.59. The van der Waals surface area contributed by atoms with Crippen LogP contribution in [0.1, 0.15) is 16.8 Å². The van der Waals surface area contributed by atoms with E-state index in [2.05, 4.69) is 49.2 Å². The lowest BCUT2D eigenvalue weighted by Crippen LogP contribution is -2.46. The van der Waals surface area contributed by atoms with Gasteiger partial charge in [0.25, 0.3) is 5.95 Å².